The SMILES string of the molecule is O=CNC(=O)CCCCc1ccc(F)cc1. The third-order valence-corrected chi connectivity index (χ3v) is 2.25. The van der Waals surface area contributed by atoms with Gasteiger partial charge >= 0.3 is 0 Å². The monoisotopic (exact) mass is 223 g/mol. The van der Waals surface area contributed by atoms with Gasteiger partial charge in [-0.15, -0.1) is 0 Å². The minimum Gasteiger partial charge on any atom is -0.299 e. The van der Waals surface area contributed by atoms with Crippen molar-refractivity contribution in [2.75, 3.05) is 0 Å². The van der Waals surface area contributed by atoms with Crippen LogP contribution in [0.4, 0.5) is 4.39 Å². The molecule has 0 saturated heterocycles. The van der Waals surface area contributed by atoms with Gasteiger partial charge in [0.05, 0.1) is 0 Å². The number of nitrogens with one attached hydrogen (secondary N) is 1. The van der Waals surface area contributed by atoms with Crippen LogP contribution in [0.15, 0.2) is 24.3 Å². The van der Waals surface area contributed by atoms with Gasteiger partial charge in [-0.05, 0) is 37.0 Å². The van der Waals surface area contributed by atoms with Crippen molar-refractivity contribution in [3.8, 4) is 0 Å². The molecule has 3 nitrogen and oxygen atoms in total. The molecule has 4 heteroatoms. The lowest BCUT2D eigenvalue weighted by molar-refractivity contribution is -0.125. The summed E-state index contributed by atoms with van der Waals surface area (Å²) in [7, 11) is 0. The van der Waals surface area contributed by atoms with Crippen LogP contribution in [0.5, 0.6) is 0 Å². The Hall–Kier alpha value is -1.71. The average Bonchev–Trinajstić information content (AvgIpc) is 2.27. The van der Waals surface area contributed by atoms with E-state index >= 15 is 0 Å². The molecule has 0 aliphatic heterocycles. The van der Waals surface area contributed by atoms with Gasteiger partial charge in [-0.25, -0.2) is 4.39 Å². The number of amides is 2. The van der Waals surface area contributed by atoms with Crippen LogP contribution >= 0.6 is 0 Å². The summed E-state index contributed by atoms with van der Waals surface area (Å²) in [5.41, 5.74) is 1.05. The molecule has 1 rings (SSSR count). The molecule has 1 N–H and O–H groups in total. The maximum atomic E-state index is 12.6. The molecule has 2 amide bonds. The number of hydrogen-bond donors (Lipinski definition) is 1. The number of unbranched alkanes of at least 4 members (excludes halogenated alkanes) is 1. The Bertz CT molecular complexity index is 349. The van der Waals surface area contributed by atoms with E-state index in [-0.39, 0.29) is 11.7 Å². The number of halogens is 1. The van der Waals surface area contributed by atoms with E-state index < -0.39 is 0 Å². The number of carbonyl (C=O) groups excluding carboxylic acids is 2. The van der Waals surface area contributed by atoms with E-state index in [9.17, 15) is 14.0 Å². The molecule has 16 heavy (non-hydrogen) atoms. The topological polar surface area (TPSA) is 46.2 Å². The second kappa shape index (κ2) is 6.71. The molecule has 1 aromatic carbocycles. The number of imide groups is 1. The molecule has 0 fully saturated rings. The summed E-state index contributed by atoms with van der Waals surface area (Å²) < 4.78 is 12.6. The van der Waals surface area contributed by atoms with Gasteiger partial charge in [0, 0.05) is 6.42 Å². The highest BCUT2D eigenvalue weighted by atomic mass is 19.1. The van der Waals surface area contributed by atoms with E-state index in [1.165, 1.54) is 12.1 Å². The summed E-state index contributed by atoms with van der Waals surface area (Å²) in [6, 6.07) is 6.32. The second-order valence-electron chi connectivity index (χ2n) is 3.52. The summed E-state index contributed by atoms with van der Waals surface area (Å²) >= 11 is 0. The van der Waals surface area contributed by atoms with Crippen LogP contribution in [0.1, 0.15) is 24.8 Å². The third-order valence-electron chi connectivity index (χ3n) is 2.25. The van der Waals surface area contributed by atoms with Crippen molar-refractivity contribution in [3.05, 3.63) is 35.6 Å². The normalized spacial score (nSPS) is 9.81. The minimum atomic E-state index is -0.255. The summed E-state index contributed by atoms with van der Waals surface area (Å²) in [5, 5.41) is 2.08. The molecular formula is C12H14FNO2. The fourth-order valence-electron chi connectivity index (χ4n) is 1.40. The molecule has 0 radical (unpaired) electrons. The zero-order valence-electron chi connectivity index (χ0n) is 8.91. The predicted molar refractivity (Wildman–Crippen MR) is 58.2 cm³/mol. The van der Waals surface area contributed by atoms with Gasteiger partial charge in [-0.3, -0.25) is 14.9 Å². The van der Waals surface area contributed by atoms with Crippen LogP contribution in [-0.4, -0.2) is 12.3 Å². The molecule has 0 aromatic heterocycles. The largest absolute Gasteiger partial charge is 0.299 e. The first-order chi connectivity index (χ1) is 7.72. The fraction of sp³-hybridized carbons (Fsp3) is 0.333. The van der Waals surface area contributed by atoms with Crippen LogP contribution in [0.2, 0.25) is 0 Å². The van der Waals surface area contributed by atoms with Gasteiger partial charge in [-0.1, -0.05) is 12.1 Å². The number of benzene rings is 1. The minimum absolute atomic E-state index is 0.242. The summed E-state index contributed by atoms with van der Waals surface area (Å²) in [4.78, 5) is 20.8. The van der Waals surface area contributed by atoms with Crippen molar-refractivity contribution in [2.24, 2.45) is 0 Å². The molecule has 0 unspecified atom stereocenters. The van der Waals surface area contributed by atoms with Gasteiger partial charge in [0.1, 0.15) is 5.82 Å². The lowest BCUT2D eigenvalue weighted by Gasteiger charge is -2.01. The van der Waals surface area contributed by atoms with Gasteiger partial charge in [0.2, 0.25) is 12.3 Å². The van der Waals surface area contributed by atoms with Crippen molar-refractivity contribution < 1.29 is 14.0 Å². The highest BCUT2D eigenvalue weighted by Crippen LogP contribution is 2.07. The lowest BCUT2D eigenvalue weighted by atomic mass is 10.1. The highest BCUT2D eigenvalue weighted by Gasteiger charge is 1.99. The Morgan fingerprint density at radius 3 is 2.56 bits per heavy atom. The van der Waals surface area contributed by atoms with E-state index in [1.807, 2.05) is 0 Å². The maximum Gasteiger partial charge on any atom is 0.226 e. The van der Waals surface area contributed by atoms with Crippen LogP contribution in [0.25, 0.3) is 0 Å². The zero-order valence-corrected chi connectivity index (χ0v) is 8.91. The predicted octanol–water partition coefficient (Wildman–Crippen LogP) is 1.81. The van der Waals surface area contributed by atoms with Crippen LogP contribution in [-0.2, 0) is 16.0 Å². The first-order valence-corrected chi connectivity index (χ1v) is 5.20. The Morgan fingerprint density at radius 2 is 1.94 bits per heavy atom. The van der Waals surface area contributed by atoms with Crippen molar-refractivity contribution in [1.82, 2.24) is 5.32 Å². The van der Waals surface area contributed by atoms with Crippen molar-refractivity contribution >= 4 is 12.3 Å². The average molecular weight is 223 g/mol. The number of rotatable bonds is 6. The highest BCUT2D eigenvalue weighted by molar-refractivity contribution is 5.85. The smallest absolute Gasteiger partial charge is 0.226 e. The Kier molecular flexibility index (Phi) is 5.19. The summed E-state index contributed by atoms with van der Waals surface area (Å²) in [6.45, 7) is 0. The number of hydrogen-bond acceptors (Lipinski definition) is 2. The summed E-state index contributed by atoms with van der Waals surface area (Å²) in [5.74, 6) is -0.497. The van der Waals surface area contributed by atoms with E-state index in [2.05, 4.69) is 5.32 Å². The van der Waals surface area contributed by atoms with Gasteiger partial charge < -0.3 is 0 Å². The molecule has 0 heterocycles. The Balaban J connectivity index is 2.18. The lowest BCUT2D eigenvalue weighted by Crippen LogP contribution is -2.20. The van der Waals surface area contributed by atoms with Crippen molar-refractivity contribution in [1.29, 1.82) is 0 Å². The molecule has 0 saturated carbocycles. The first-order valence-electron chi connectivity index (χ1n) is 5.20. The maximum absolute atomic E-state index is 12.6. The molecule has 0 spiro atoms. The van der Waals surface area contributed by atoms with E-state index in [4.69, 9.17) is 0 Å². The molecule has 0 aliphatic rings. The van der Waals surface area contributed by atoms with Gasteiger partial charge in [0.25, 0.3) is 0 Å². The third kappa shape index (κ3) is 4.68. The molecule has 1 aromatic rings. The molecule has 0 atom stereocenters. The van der Waals surface area contributed by atoms with E-state index in [0.717, 1.165) is 24.8 Å². The molecule has 0 bridgehead atoms. The second-order valence-corrected chi connectivity index (χ2v) is 3.52. The fourth-order valence-corrected chi connectivity index (χ4v) is 1.40. The van der Waals surface area contributed by atoms with Crippen molar-refractivity contribution in [2.45, 2.75) is 25.7 Å². The Morgan fingerprint density at radius 1 is 1.25 bits per heavy atom. The summed E-state index contributed by atoms with van der Waals surface area (Å²) in [6.07, 6.45) is 3.12. The number of aryl methyl sites for hydroxylation is 1. The Labute approximate surface area is 93.7 Å². The van der Waals surface area contributed by atoms with Gasteiger partial charge in [0.15, 0.2) is 0 Å². The van der Waals surface area contributed by atoms with Gasteiger partial charge in [-0.2, -0.15) is 0 Å². The van der Waals surface area contributed by atoms with Crippen LogP contribution in [0.3, 0.4) is 0 Å². The number of carbonyl (C=O) groups is 2. The molecule has 0 aliphatic carbocycles. The van der Waals surface area contributed by atoms with E-state index in [1.54, 1.807) is 12.1 Å². The van der Waals surface area contributed by atoms with Crippen LogP contribution < -0.4 is 5.32 Å². The quantitative estimate of drug-likeness (QED) is 0.590. The van der Waals surface area contributed by atoms with Crippen molar-refractivity contribution in [3.63, 3.8) is 0 Å². The standard InChI is InChI=1S/C12H14FNO2/c13-11-7-5-10(6-8-11)3-1-2-4-12(16)14-9-15/h5-9H,1-4H2,(H,14,15,16). The van der Waals surface area contributed by atoms with E-state index in [0.29, 0.717) is 12.8 Å². The molecular weight excluding hydrogens is 209 g/mol. The first kappa shape index (κ1) is 12.4. The van der Waals surface area contributed by atoms with Crippen LogP contribution in [0, 0.1) is 5.82 Å². The molecule has 86 valence electrons. The zero-order chi connectivity index (χ0) is 11.8.